The van der Waals surface area contributed by atoms with E-state index in [-0.39, 0.29) is 18.0 Å². The molecule has 1 amide bonds. The number of benzene rings is 2. The number of aryl methyl sites for hydroxylation is 1. The van der Waals surface area contributed by atoms with Crippen molar-refractivity contribution in [2.24, 2.45) is 9.39 Å². The molecule has 4 rings (SSSR count). The summed E-state index contributed by atoms with van der Waals surface area (Å²) in [6, 6.07) is 11.2. The third-order valence-electron chi connectivity index (χ3n) is 5.18. The molecular weight excluding hydrogens is 500 g/mol. The van der Waals surface area contributed by atoms with Crippen LogP contribution < -0.4 is 18.9 Å². The topological polar surface area (TPSA) is 106 Å². The van der Waals surface area contributed by atoms with E-state index in [0.717, 1.165) is 29.0 Å². The molecule has 2 aliphatic heterocycles. The van der Waals surface area contributed by atoms with Crippen molar-refractivity contribution in [1.29, 1.82) is 5.41 Å². The van der Waals surface area contributed by atoms with E-state index in [2.05, 4.69) is 9.39 Å². The summed E-state index contributed by atoms with van der Waals surface area (Å²) < 4.78 is 27.1. The maximum atomic E-state index is 12.7. The van der Waals surface area contributed by atoms with Crippen LogP contribution in [0.25, 0.3) is 6.08 Å². The van der Waals surface area contributed by atoms with E-state index in [1.807, 2.05) is 38.1 Å². The molecule has 0 bridgehead atoms. The summed E-state index contributed by atoms with van der Waals surface area (Å²) in [5.74, 6) is 2.36. The molecule has 0 saturated carbocycles. The minimum absolute atomic E-state index is 0.0289. The van der Waals surface area contributed by atoms with Gasteiger partial charge in [-0.15, -0.1) is 0 Å². The van der Waals surface area contributed by atoms with Crippen LogP contribution in [-0.2, 0) is 4.79 Å². The Morgan fingerprint density at radius 1 is 1.08 bits per heavy atom. The third kappa shape index (κ3) is 5.52. The quantitative estimate of drug-likeness (QED) is 0.282. The molecule has 0 unspecified atom stereocenters. The molecule has 2 aromatic rings. The second kappa shape index (κ2) is 11.5. The number of carbonyl (C=O) groups excluding carboxylic acids is 1. The third-order valence-corrected chi connectivity index (χ3v) is 6.82. The molecule has 0 aromatic heterocycles. The first-order valence-electron chi connectivity index (χ1n) is 11.1. The second-order valence-electron chi connectivity index (χ2n) is 7.60. The number of aliphatic imine (C=N–C) groups is 1. The Balaban J connectivity index is 1.53. The molecule has 2 heterocycles. The van der Waals surface area contributed by atoms with Gasteiger partial charge in [-0.05, 0) is 48.6 Å². The van der Waals surface area contributed by atoms with E-state index < -0.39 is 5.91 Å². The first-order chi connectivity index (χ1) is 17.4. The summed E-state index contributed by atoms with van der Waals surface area (Å²) in [7, 11) is 3.05. The zero-order valence-electron chi connectivity index (χ0n) is 20.4. The Morgan fingerprint density at radius 3 is 2.39 bits per heavy atom. The molecule has 9 nitrogen and oxygen atoms in total. The largest absolute Gasteiger partial charge is 0.493 e. The fourth-order valence-electron chi connectivity index (χ4n) is 3.45. The van der Waals surface area contributed by atoms with Crippen molar-refractivity contribution < 1.29 is 23.7 Å². The Bertz CT molecular complexity index is 1230. The van der Waals surface area contributed by atoms with Crippen LogP contribution in [0.5, 0.6) is 23.0 Å². The summed E-state index contributed by atoms with van der Waals surface area (Å²) >= 11 is 2.59. The Kier molecular flexibility index (Phi) is 8.21. The number of methoxy groups -OCH3 is 2. The van der Waals surface area contributed by atoms with Crippen LogP contribution in [0.4, 0.5) is 0 Å². The van der Waals surface area contributed by atoms with E-state index in [9.17, 15) is 4.79 Å². The van der Waals surface area contributed by atoms with E-state index >= 15 is 0 Å². The molecule has 2 aromatic carbocycles. The number of nitrogens with one attached hydrogen (secondary N) is 1. The minimum atomic E-state index is -0.497. The Labute approximate surface area is 218 Å². The van der Waals surface area contributed by atoms with Crippen molar-refractivity contribution in [2.75, 3.05) is 33.2 Å². The lowest BCUT2D eigenvalue weighted by Crippen LogP contribution is -2.41. The van der Waals surface area contributed by atoms with Gasteiger partial charge >= 0.3 is 0 Å². The van der Waals surface area contributed by atoms with Crippen LogP contribution in [0.15, 0.2) is 51.4 Å². The number of nitrogens with zero attached hydrogens (tertiary/aromatic N) is 3. The van der Waals surface area contributed by atoms with Gasteiger partial charge in [-0.2, -0.15) is 9.39 Å². The van der Waals surface area contributed by atoms with E-state index in [1.54, 1.807) is 23.1 Å². The number of hydrogen-bond acceptors (Lipinski definition) is 9. The highest BCUT2D eigenvalue weighted by Gasteiger charge is 2.37. The molecule has 1 N–H and O–H groups in total. The lowest BCUT2D eigenvalue weighted by Gasteiger charge is -2.24. The van der Waals surface area contributed by atoms with Gasteiger partial charge in [0, 0.05) is 0 Å². The molecule has 0 saturated heterocycles. The standard InChI is InChI=1S/C25H26N4O5S2/c1-5-35-25-28-36-24-27-23(30)18(22(26)29(24)25)12-16-13-19(31-3)21(20(14-16)32-4)34-11-10-33-17-8-6-15(2)7-9-17/h6-9,12-14,26H,5,10-11H2,1-4H3/b18-12-,26-22?. The van der Waals surface area contributed by atoms with Gasteiger partial charge in [0.1, 0.15) is 24.8 Å². The highest BCUT2D eigenvalue weighted by Crippen LogP contribution is 2.40. The Hall–Kier alpha value is -3.44. The van der Waals surface area contributed by atoms with Crippen LogP contribution in [0.1, 0.15) is 18.1 Å². The van der Waals surface area contributed by atoms with Crippen LogP contribution in [0.2, 0.25) is 0 Å². The molecule has 11 heteroatoms. The predicted molar refractivity (Wildman–Crippen MR) is 145 cm³/mol. The van der Waals surface area contributed by atoms with Crippen molar-refractivity contribution in [2.45, 2.75) is 13.8 Å². The number of carbonyl (C=O) groups is 1. The summed E-state index contributed by atoms with van der Waals surface area (Å²) in [5.41, 5.74) is 1.91. The van der Waals surface area contributed by atoms with Gasteiger partial charge in [0.2, 0.25) is 10.9 Å². The molecule has 0 spiro atoms. The lowest BCUT2D eigenvalue weighted by molar-refractivity contribution is -0.114. The summed E-state index contributed by atoms with van der Waals surface area (Å²) in [5, 5.41) is 9.67. The molecule has 2 aliphatic rings. The summed E-state index contributed by atoms with van der Waals surface area (Å²) in [4.78, 5) is 18.4. The number of hydrogen-bond donors (Lipinski definition) is 1. The highest BCUT2D eigenvalue weighted by atomic mass is 32.2. The average molecular weight is 527 g/mol. The first-order valence-corrected chi connectivity index (χ1v) is 12.9. The van der Waals surface area contributed by atoms with Crippen LogP contribution in [0.3, 0.4) is 0 Å². The number of amidine groups is 3. The normalized spacial score (nSPS) is 16.0. The molecule has 0 radical (unpaired) electrons. The van der Waals surface area contributed by atoms with E-state index in [1.165, 1.54) is 26.0 Å². The Morgan fingerprint density at radius 2 is 1.75 bits per heavy atom. The minimum Gasteiger partial charge on any atom is -0.493 e. The lowest BCUT2D eigenvalue weighted by atomic mass is 10.1. The summed E-state index contributed by atoms with van der Waals surface area (Å²) in [6.45, 7) is 4.62. The van der Waals surface area contributed by atoms with Crippen molar-refractivity contribution in [1.82, 2.24) is 4.90 Å². The van der Waals surface area contributed by atoms with Crippen molar-refractivity contribution in [3.05, 3.63) is 53.1 Å². The van der Waals surface area contributed by atoms with Crippen molar-refractivity contribution in [3.63, 3.8) is 0 Å². The maximum Gasteiger partial charge on any atom is 0.283 e. The zero-order chi connectivity index (χ0) is 25.7. The van der Waals surface area contributed by atoms with Crippen LogP contribution in [-0.4, -0.2) is 60.2 Å². The van der Waals surface area contributed by atoms with Gasteiger partial charge in [0.05, 0.1) is 31.7 Å². The average Bonchev–Trinajstić information content (AvgIpc) is 3.28. The highest BCUT2D eigenvalue weighted by molar-refractivity contribution is 8.19. The van der Waals surface area contributed by atoms with E-state index in [4.69, 9.17) is 24.4 Å². The fourth-order valence-corrected chi connectivity index (χ4v) is 5.02. The molecular formula is C25H26N4O5S2. The molecule has 0 fully saturated rings. The van der Waals surface area contributed by atoms with Gasteiger partial charge in [0.15, 0.2) is 16.7 Å². The first kappa shape index (κ1) is 25.6. The maximum absolute atomic E-state index is 12.7. The predicted octanol–water partition coefficient (Wildman–Crippen LogP) is 4.80. The van der Waals surface area contributed by atoms with E-state index in [0.29, 0.717) is 39.8 Å². The van der Waals surface area contributed by atoms with Crippen molar-refractivity contribution in [3.8, 4) is 23.0 Å². The molecule has 0 atom stereocenters. The number of amides is 1. The fraction of sp³-hybridized carbons (Fsp3) is 0.280. The van der Waals surface area contributed by atoms with Gasteiger partial charge in [-0.25, -0.2) is 4.90 Å². The molecule has 36 heavy (non-hydrogen) atoms. The zero-order valence-corrected chi connectivity index (χ0v) is 22.0. The molecule has 0 aliphatic carbocycles. The SMILES string of the molecule is CCSC1=NSC2=NC(=O)/C(=C\c3cc(OC)c(OCCOc4ccc(C)cc4)c(OC)c3)C(=N)N12. The van der Waals surface area contributed by atoms with Gasteiger partial charge in [-0.3, -0.25) is 10.2 Å². The van der Waals surface area contributed by atoms with Crippen molar-refractivity contribution >= 4 is 51.9 Å². The van der Waals surface area contributed by atoms with Gasteiger partial charge in [-0.1, -0.05) is 36.4 Å². The number of thioether (sulfide) groups is 1. The van der Waals surface area contributed by atoms with Gasteiger partial charge < -0.3 is 18.9 Å². The number of fused-ring (bicyclic) bond motifs is 1. The smallest absolute Gasteiger partial charge is 0.283 e. The van der Waals surface area contributed by atoms with Crippen LogP contribution >= 0.6 is 23.7 Å². The number of ether oxygens (including phenoxy) is 4. The summed E-state index contributed by atoms with van der Waals surface area (Å²) in [6.07, 6.45) is 1.59. The van der Waals surface area contributed by atoms with Gasteiger partial charge in [0.25, 0.3) is 5.91 Å². The number of rotatable bonds is 9. The van der Waals surface area contributed by atoms with Crippen LogP contribution in [0, 0.1) is 12.3 Å². The monoisotopic (exact) mass is 526 g/mol. The molecule has 188 valence electrons. The second-order valence-corrected chi connectivity index (χ2v) is 9.57.